The standard InChI is InChI=1S/C3H2F3O/c4-2(1-7)3(5)6/h1,3H/b2-1+. The summed E-state index contributed by atoms with van der Waals surface area (Å²) in [6.45, 7) is 0. The Balaban J connectivity index is 3.56. The van der Waals surface area contributed by atoms with E-state index in [4.69, 9.17) is 5.11 Å². The number of hydrogen-bond acceptors (Lipinski definition) is 0. The third-order valence-corrected chi connectivity index (χ3v) is 0.321. The van der Waals surface area contributed by atoms with Crippen LogP contribution >= 0.6 is 0 Å². The molecule has 0 atom stereocenters. The van der Waals surface area contributed by atoms with E-state index in [9.17, 15) is 13.2 Å². The molecule has 0 aromatic carbocycles. The zero-order chi connectivity index (χ0) is 5.86. The van der Waals surface area contributed by atoms with E-state index in [1.165, 1.54) is 0 Å². The Labute approximate surface area is 38.1 Å². The molecule has 1 nitrogen and oxygen atoms in total. The van der Waals surface area contributed by atoms with E-state index in [0.717, 1.165) is 0 Å². The summed E-state index contributed by atoms with van der Waals surface area (Å²) < 4.78 is 32.6. The highest BCUT2D eigenvalue weighted by atomic mass is 19.3. The van der Waals surface area contributed by atoms with E-state index in [0.29, 0.717) is 0 Å². The zero-order valence-electron chi connectivity index (χ0n) is 3.20. The van der Waals surface area contributed by atoms with Crippen LogP contribution in [-0.4, -0.2) is 6.43 Å². The van der Waals surface area contributed by atoms with Crippen LogP contribution < -0.4 is 0 Å². The SMILES string of the molecule is [O]/C=C(/F)C(F)F. The molecule has 0 amide bonds. The van der Waals surface area contributed by atoms with Gasteiger partial charge in [-0.15, -0.1) is 0 Å². The summed E-state index contributed by atoms with van der Waals surface area (Å²) in [5.74, 6) is -1.92. The third kappa shape index (κ3) is 2.08. The largest absolute Gasteiger partial charge is 0.295 e. The Morgan fingerprint density at radius 3 is 2.00 bits per heavy atom. The molecule has 0 heterocycles. The molecule has 41 valence electrons. The van der Waals surface area contributed by atoms with E-state index in [2.05, 4.69) is 0 Å². The van der Waals surface area contributed by atoms with Crippen LogP contribution in [0.2, 0.25) is 0 Å². The minimum atomic E-state index is -3.25. The third-order valence-electron chi connectivity index (χ3n) is 0.321. The summed E-state index contributed by atoms with van der Waals surface area (Å²) in [4.78, 5) is 0. The fourth-order valence-electron chi connectivity index (χ4n) is 0.0514. The smallest absolute Gasteiger partial charge is 0.292 e. The Morgan fingerprint density at radius 1 is 1.57 bits per heavy atom. The number of halogens is 3. The molecule has 7 heavy (non-hydrogen) atoms. The lowest BCUT2D eigenvalue weighted by Crippen LogP contribution is -1.87. The first kappa shape index (κ1) is 6.33. The molecule has 1 radical (unpaired) electrons. The number of rotatable bonds is 1. The first-order valence-electron chi connectivity index (χ1n) is 1.44. The summed E-state index contributed by atoms with van der Waals surface area (Å²) in [5, 5.41) is 9.05. The van der Waals surface area contributed by atoms with Gasteiger partial charge in [0.2, 0.25) is 5.83 Å². The summed E-state index contributed by atoms with van der Waals surface area (Å²) >= 11 is 0. The second-order valence-electron chi connectivity index (χ2n) is 0.803. The Morgan fingerprint density at radius 2 is 2.00 bits per heavy atom. The minimum absolute atomic E-state index is 0.509. The predicted molar refractivity (Wildman–Crippen MR) is 15.9 cm³/mol. The van der Waals surface area contributed by atoms with E-state index >= 15 is 0 Å². The molecule has 0 saturated heterocycles. The van der Waals surface area contributed by atoms with Crippen LogP contribution in [0.5, 0.6) is 0 Å². The van der Waals surface area contributed by atoms with Gasteiger partial charge in [0, 0.05) is 0 Å². The second kappa shape index (κ2) is 2.49. The van der Waals surface area contributed by atoms with Gasteiger partial charge in [0.25, 0.3) is 6.43 Å². The lowest BCUT2D eigenvalue weighted by Gasteiger charge is -1.85. The van der Waals surface area contributed by atoms with Crippen molar-refractivity contribution in [2.24, 2.45) is 0 Å². The molecule has 0 aliphatic carbocycles. The van der Waals surface area contributed by atoms with Gasteiger partial charge < -0.3 is 0 Å². The highest BCUT2D eigenvalue weighted by Crippen LogP contribution is 2.07. The Kier molecular flexibility index (Phi) is 2.26. The van der Waals surface area contributed by atoms with Crippen LogP contribution in [-0.2, 0) is 5.11 Å². The lowest BCUT2D eigenvalue weighted by atomic mass is 10.6. The number of alkyl halides is 2. The van der Waals surface area contributed by atoms with Gasteiger partial charge in [-0.2, -0.15) is 0 Å². The maximum Gasteiger partial charge on any atom is 0.292 e. The van der Waals surface area contributed by atoms with Crippen molar-refractivity contribution in [1.82, 2.24) is 0 Å². The number of allylic oxidation sites excluding steroid dienone is 1. The van der Waals surface area contributed by atoms with Gasteiger partial charge in [0.15, 0.2) is 6.26 Å². The summed E-state index contributed by atoms with van der Waals surface area (Å²) in [6, 6.07) is 0. The molecule has 4 heteroatoms. The van der Waals surface area contributed by atoms with Gasteiger partial charge in [-0.25, -0.2) is 13.2 Å². The highest BCUT2D eigenvalue weighted by molar-refractivity contribution is 4.86. The fraction of sp³-hybridized carbons (Fsp3) is 0.333. The van der Waals surface area contributed by atoms with E-state index < -0.39 is 18.5 Å². The van der Waals surface area contributed by atoms with Gasteiger partial charge in [-0.05, 0) is 0 Å². The molecule has 0 fully saturated rings. The average Bonchev–Trinajstić information content (AvgIpc) is 1.65. The Hall–Kier alpha value is -0.670. The quantitative estimate of drug-likeness (QED) is 0.457. The molecule has 0 rings (SSSR count). The fourth-order valence-corrected chi connectivity index (χ4v) is 0.0514. The normalized spacial score (nSPS) is 12.9. The maximum absolute atomic E-state index is 11.1. The molecule has 0 unspecified atom stereocenters. The highest BCUT2D eigenvalue weighted by Gasteiger charge is 2.08. The second-order valence-corrected chi connectivity index (χ2v) is 0.803. The van der Waals surface area contributed by atoms with Gasteiger partial charge in [0.1, 0.15) is 0 Å². The summed E-state index contributed by atoms with van der Waals surface area (Å²) in [6.07, 6.45) is -3.76. The average molecular weight is 111 g/mol. The van der Waals surface area contributed by atoms with Crippen molar-refractivity contribution in [3.05, 3.63) is 12.1 Å². The van der Waals surface area contributed by atoms with Crippen LogP contribution in [0.15, 0.2) is 12.1 Å². The molecule has 0 aliphatic heterocycles. The minimum Gasteiger partial charge on any atom is -0.295 e. The van der Waals surface area contributed by atoms with Crippen LogP contribution in [0.3, 0.4) is 0 Å². The van der Waals surface area contributed by atoms with Crippen molar-refractivity contribution in [2.45, 2.75) is 6.43 Å². The molecule has 0 saturated carbocycles. The van der Waals surface area contributed by atoms with E-state index in [-0.39, 0.29) is 0 Å². The van der Waals surface area contributed by atoms with Crippen molar-refractivity contribution in [1.29, 1.82) is 0 Å². The molecule has 0 aromatic heterocycles. The van der Waals surface area contributed by atoms with Crippen LogP contribution in [0, 0.1) is 0 Å². The van der Waals surface area contributed by atoms with E-state index in [1.807, 2.05) is 0 Å². The molecular weight excluding hydrogens is 109 g/mol. The zero-order valence-corrected chi connectivity index (χ0v) is 3.20. The topological polar surface area (TPSA) is 19.9 Å². The molecule has 0 aliphatic rings. The maximum atomic E-state index is 11.1. The van der Waals surface area contributed by atoms with Gasteiger partial charge >= 0.3 is 0 Å². The van der Waals surface area contributed by atoms with Crippen molar-refractivity contribution >= 4 is 0 Å². The van der Waals surface area contributed by atoms with Gasteiger partial charge in [0.05, 0.1) is 0 Å². The summed E-state index contributed by atoms with van der Waals surface area (Å²) in [5.41, 5.74) is 0. The van der Waals surface area contributed by atoms with Crippen molar-refractivity contribution in [2.75, 3.05) is 0 Å². The van der Waals surface area contributed by atoms with E-state index in [1.54, 1.807) is 0 Å². The monoisotopic (exact) mass is 111 g/mol. The van der Waals surface area contributed by atoms with Crippen LogP contribution in [0.4, 0.5) is 13.2 Å². The van der Waals surface area contributed by atoms with Crippen LogP contribution in [0.25, 0.3) is 0 Å². The predicted octanol–water partition coefficient (Wildman–Crippen LogP) is 1.49. The Bertz CT molecular complexity index is 78.2. The van der Waals surface area contributed by atoms with Crippen LogP contribution in [0.1, 0.15) is 0 Å². The molecule has 0 aromatic rings. The van der Waals surface area contributed by atoms with Crippen molar-refractivity contribution in [3.8, 4) is 0 Å². The van der Waals surface area contributed by atoms with Gasteiger partial charge in [-0.1, -0.05) is 0 Å². The van der Waals surface area contributed by atoms with Crippen molar-refractivity contribution in [3.63, 3.8) is 0 Å². The summed E-state index contributed by atoms with van der Waals surface area (Å²) in [7, 11) is 0. The number of hydrogen-bond donors (Lipinski definition) is 0. The lowest BCUT2D eigenvalue weighted by molar-refractivity contribution is 0.148. The molecular formula is C3H2F3O. The van der Waals surface area contributed by atoms with Gasteiger partial charge in [-0.3, -0.25) is 5.11 Å². The molecule has 0 spiro atoms. The first-order chi connectivity index (χ1) is 3.18. The molecule has 0 bridgehead atoms. The van der Waals surface area contributed by atoms with Crippen molar-refractivity contribution < 1.29 is 18.3 Å². The first-order valence-corrected chi connectivity index (χ1v) is 1.44. The molecule has 0 N–H and O–H groups in total.